The van der Waals surface area contributed by atoms with E-state index in [4.69, 9.17) is 10.00 Å². The molecule has 3 heteroatoms. The van der Waals surface area contributed by atoms with E-state index in [1.807, 2.05) is 6.08 Å². The summed E-state index contributed by atoms with van der Waals surface area (Å²) in [4.78, 5) is 12.8. The van der Waals surface area contributed by atoms with Crippen molar-refractivity contribution in [2.45, 2.75) is 64.6 Å². The summed E-state index contributed by atoms with van der Waals surface area (Å²) < 4.78 is 6.41. The fourth-order valence-corrected chi connectivity index (χ4v) is 6.26. The molecule has 2 heterocycles. The Morgan fingerprint density at radius 1 is 1.48 bits per heavy atom. The fourth-order valence-electron chi connectivity index (χ4n) is 6.26. The van der Waals surface area contributed by atoms with E-state index in [1.165, 1.54) is 12.0 Å². The molecule has 5 aliphatic rings. The average Bonchev–Trinajstić information content (AvgIpc) is 2.78. The molecular weight excluding hydrogens is 262 g/mol. The third-order valence-corrected chi connectivity index (χ3v) is 7.18. The Morgan fingerprint density at radius 3 is 2.90 bits per heavy atom. The lowest BCUT2D eigenvalue weighted by Gasteiger charge is -2.57. The number of ketones is 1. The summed E-state index contributed by atoms with van der Waals surface area (Å²) in [6, 6.07) is 2.23. The van der Waals surface area contributed by atoms with Crippen molar-refractivity contribution in [2.24, 2.45) is 22.7 Å². The van der Waals surface area contributed by atoms with E-state index >= 15 is 0 Å². The molecular formula is C18H23NO2. The van der Waals surface area contributed by atoms with E-state index in [1.54, 1.807) is 0 Å². The van der Waals surface area contributed by atoms with Gasteiger partial charge in [0.15, 0.2) is 5.78 Å². The molecule has 112 valence electrons. The zero-order valence-electron chi connectivity index (χ0n) is 13.1. The molecule has 1 spiro atoms. The highest BCUT2D eigenvalue weighted by atomic mass is 16.5. The van der Waals surface area contributed by atoms with E-state index in [2.05, 4.69) is 26.8 Å². The van der Waals surface area contributed by atoms with Gasteiger partial charge in [0.1, 0.15) is 0 Å². The van der Waals surface area contributed by atoms with Crippen molar-refractivity contribution in [2.75, 3.05) is 0 Å². The van der Waals surface area contributed by atoms with Crippen LogP contribution in [0.1, 0.15) is 52.9 Å². The average molecular weight is 285 g/mol. The molecule has 0 aromatic rings. The van der Waals surface area contributed by atoms with Gasteiger partial charge >= 0.3 is 0 Å². The van der Waals surface area contributed by atoms with Crippen LogP contribution in [0.15, 0.2) is 11.6 Å². The number of carbonyl (C=O) groups is 1. The molecule has 0 aromatic heterocycles. The summed E-state index contributed by atoms with van der Waals surface area (Å²) in [5.41, 5.74) is 1.02. The minimum atomic E-state index is -0.420. The first-order valence-electron chi connectivity index (χ1n) is 8.14. The van der Waals surface area contributed by atoms with Crippen LogP contribution in [-0.4, -0.2) is 17.5 Å². The molecule has 2 saturated carbocycles. The van der Waals surface area contributed by atoms with Crippen LogP contribution in [0.4, 0.5) is 0 Å². The molecule has 6 atom stereocenters. The number of hydrogen-bond acceptors (Lipinski definition) is 3. The van der Waals surface area contributed by atoms with Gasteiger partial charge in [-0.25, -0.2) is 0 Å². The second-order valence-electron chi connectivity index (χ2n) is 8.18. The Labute approximate surface area is 126 Å². The summed E-state index contributed by atoms with van der Waals surface area (Å²) in [6.45, 7) is 6.49. The van der Waals surface area contributed by atoms with Crippen molar-refractivity contribution in [3.63, 3.8) is 0 Å². The molecule has 0 aromatic carbocycles. The lowest BCUT2D eigenvalue weighted by molar-refractivity contribution is -0.171. The minimum Gasteiger partial charge on any atom is -0.371 e. The highest BCUT2D eigenvalue weighted by Crippen LogP contribution is 2.73. The van der Waals surface area contributed by atoms with Crippen LogP contribution in [0.3, 0.4) is 0 Å². The number of rotatable bonds is 2. The van der Waals surface area contributed by atoms with Crippen molar-refractivity contribution in [1.82, 2.24) is 0 Å². The first-order chi connectivity index (χ1) is 9.86. The van der Waals surface area contributed by atoms with E-state index in [-0.39, 0.29) is 28.8 Å². The molecule has 3 aliphatic carbocycles. The minimum absolute atomic E-state index is 0.0206. The smallest absolute Gasteiger partial charge is 0.161 e. The SMILES string of the molecule is CC1=CC(=O)[C@@](C)(CCC#N)C2C3CC4CC12CC4(C)O3. The maximum Gasteiger partial charge on any atom is 0.161 e. The molecule has 2 saturated heterocycles. The first kappa shape index (κ1) is 13.5. The van der Waals surface area contributed by atoms with Gasteiger partial charge in [0.25, 0.3) is 0 Å². The largest absolute Gasteiger partial charge is 0.371 e. The maximum atomic E-state index is 12.8. The molecule has 21 heavy (non-hydrogen) atoms. The van der Waals surface area contributed by atoms with Crippen LogP contribution < -0.4 is 0 Å². The molecule has 4 fully saturated rings. The normalized spacial score (nSPS) is 53.5. The highest BCUT2D eigenvalue weighted by molar-refractivity contribution is 5.97. The van der Waals surface area contributed by atoms with E-state index in [9.17, 15) is 4.79 Å². The number of allylic oxidation sites excluding steroid dienone is 2. The standard InChI is InChI=1S/C18H23NO2/c1-11-7-14(20)16(2,5-4-6-19)15-13-8-12-9-18(11,15)10-17(12,3)21-13/h7,12-13,15H,4-5,8-10H2,1-3H3/t12?,13?,15?,16-,17?,18?/m1/s1. The summed E-state index contributed by atoms with van der Waals surface area (Å²) in [5.74, 6) is 1.13. The van der Waals surface area contributed by atoms with Crippen LogP contribution in [-0.2, 0) is 9.53 Å². The van der Waals surface area contributed by atoms with E-state index < -0.39 is 5.41 Å². The summed E-state index contributed by atoms with van der Waals surface area (Å²) in [5, 5.41) is 8.98. The monoisotopic (exact) mass is 285 g/mol. The second kappa shape index (κ2) is 3.79. The molecule has 5 unspecified atom stereocenters. The number of nitrogens with zero attached hydrogens (tertiary/aromatic N) is 1. The van der Waals surface area contributed by atoms with Crippen LogP contribution in [0.25, 0.3) is 0 Å². The van der Waals surface area contributed by atoms with Crippen molar-refractivity contribution >= 4 is 5.78 Å². The van der Waals surface area contributed by atoms with Crippen LogP contribution >= 0.6 is 0 Å². The molecule has 0 radical (unpaired) electrons. The number of nitriles is 1. The first-order valence-corrected chi connectivity index (χ1v) is 8.14. The molecule has 0 amide bonds. The molecule has 0 N–H and O–H groups in total. The van der Waals surface area contributed by atoms with Gasteiger partial charge in [0, 0.05) is 23.2 Å². The molecule has 4 bridgehead atoms. The van der Waals surface area contributed by atoms with Crippen molar-refractivity contribution < 1.29 is 9.53 Å². The van der Waals surface area contributed by atoms with Gasteiger partial charge in [-0.05, 0) is 51.5 Å². The second-order valence-corrected chi connectivity index (χ2v) is 8.18. The third-order valence-electron chi connectivity index (χ3n) is 7.18. The van der Waals surface area contributed by atoms with Crippen LogP contribution in [0.2, 0.25) is 0 Å². The number of ether oxygens (including phenoxy) is 1. The van der Waals surface area contributed by atoms with Gasteiger partial charge < -0.3 is 4.74 Å². The van der Waals surface area contributed by atoms with Gasteiger partial charge in [-0.1, -0.05) is 12.5 Å². The van der Waals surface area contributed by atoms with Crippen molar-refractivity contribution in [3.05, 3.63) is 11.6 Å². The lowest BCUT2D eigenvalue weighted by atomic mass is 9.49. The summed E-state index contributed by atoms with van der Waals surface area (Å²) >= 11 is 0. The molecule has 3 nitrogen and oxygen atoms in total. The molecule has 5 rings (SSSR count). The zero-order valence-corrected chi connectivity index (χ0v) is 13.1. The number of hydrogen-bond donors (Lipinski definition) is 0. The van der Waals surface area contributed by atoms with E-state index in [0.29, 0.717) is 18.8 Å². The Balaban J connectivity index is 1.85. The van der Waals surface area contributed by atoms with Gasteiger partial charge in [0.2, 0.25) is 0 Å². The lowest BCUT2D eigenvalue weighted by Crippen LogP contribution is -2.57. The van der Waals surface area contributed by atoms with Gasteiger partial charge in [-0.15, -0.1) is 0 Å². The predicted molar refractivity (Wildman–Crippen MR) is 78.3 cm³/mol. The maximum absolute atomic E-state index is 12.8. The Kier molecular flexibility index (Phi) is 2.44. The fraction of sp³-hybridized carbons (Fsp3) is 0.778. The van der Waals surface area contributed by atoms with Gasteiger partial charge in [-0.3, -0.25) is 4.79 Å². The summed E-state index contributed by atoms with van der Waals surface area (Å²) in [6.07, 6.45) is 6.55. The Hall–Kier alpha value is -1.14. The Bertz CT molecular complexity index is 603. The highest BCUT2D eigenvalue weighted by Gasteiger charge is 2.72. The topological polar surface area (TPSA) is 50.1 Å². The van der Waals surface area contributed by atoms with Gasteiger partial charge in [0.05, 0.1) is 17.8 Å². The van der Waals surface area contributed by atoms with E-state index in [0.717, 1.165) is 12.8 Å². The van der Waals surface area contributed by atoms with Crippen LogP contribution in [0, 0.1) is 34.0 Å². The van der Waals surface area contributed by atoms with Crippen LogP contribution in [0.5, 0.6) is 0 Å². The predicted octanol–water partition coefficient (Wildman–Crippen LogP) is 3.40. The van der Waals surface area contributed by atoms with Gasteiger partial charge in [-0.2, -0.15) is 5.26 Å². The zero-order chi connectivity index (χ0) is 15.0. The van der Waals surface area contributed by atoms with Crippen molar-refractivity contribution in [3.8, 4) is 6.07 Å². The number of carbonyl (C=O) groups excluding carboxylic acids is 1. The third kappa shape index (κ3) is 1.40. The molecule has 2 aliphatic heterocycles. The Morgan fingerprint density at radius 2 is 2.24 bits per heavy atom. The quantitative estimate of drug-likeness (QED) is 0.781. The summed E-state index contributed by atoms with van der Waals surface area (Å²) in [7, 11) is 0. The van der Waals surface area contributed by atoms with Crippen molar-refractivity contribution in [1.29, 1.82) is 5.26 Å².